The largest absolute Gasteiger partial charge is 0.383 e. The van der Waals surface area contributed by atoms with Gasteiger partial charge in [-0.15, -0.1) is 0 Å². The van der Waals surface area contributed by atoms with Crippen LogP contribution in [0.3, 0.4) is 0 Å². The van der Waals surface area contributed by atoms with Crippen molar-refractivity contribution in [3.8, 4) is 0 Å². The number of ether oxygens (including phenoxy) is 2. The lowest BCUT2D eigenvalue weighted by molar-refractivity contribution is 0.0368. The van der Waals surface area contributed by atoms with Gasteiger partial charge in [0.2, 0.25) is 0 Å². The zero-order chi connectivity index (χ0) is 16.5. The minimum atomic E-state index is -0.137. The van der Waals surface area contributed by atoms with Crippen molar-refractivity contribution < 1.29 is 14.3 Å². The highest BCUT2D eigenvalue weighted by molar-refractivity contribution is 5.94. The van der Waals surface area contributed by atoms with Gasteiger partial charge in [-0.2, -0.15) is 0 Å². The van der Waals surface area contributed by atoms with Gasteiger partial charge in [-0.25, -0.2) is 4.98 Å². The Balaban J connectivity index is 1.78. The summed E-state index contributed by atoms with van der Waals surface area (Å²) in [6.45, 7) is 7.62. The van der Waals surface area contributed by atoms with Crippen LogP contribution in [0.2, 0.25) is 0 Å². The van der Waals surface area contributed by atoms with Gasteiger partial charge in [0, 0.05) is 45.5 Å². The summed E-state index contributed by atoms with van der Waals surface area (Å²) < 4.78 is 10.3. The maximum Gasteiger partial charge on any atom is 0.252 e. The zero-order valence-corrected chi connectivity index (χ0v) is 13.9. The Bertz CT molecular complexity index is 475. The van der Waals surface area contributed by atoms with Gasteiger partial charge in [0.25, 0.3) is 5.91 Å². The minimum Gasteiger partial charge on any atom is -0.383 e. The highest BCUT2D eigenvalue weighted by atomic mass is 16.5. The van der Waals surface area contributed by atoms with Crippen molar-refractivity contribution in [3.63, 3.8) is 0 Å². The molecule has 2 N–H and O–H groups in total. The molecule has 1 atom stereocenters. The van der Waals surface area contributed by atoms with Gasteiger partial charge >= 0.3 is 0 Å². The van der Waals surface area contributed by atoms with E-state index in [-0.39, 0.29) is 11.9 Å². The summed E-state index contributed by atoms with van der Waals surface area (Å²) >= 11 is 0. The predicted molar refractivity (Wildman–Crippen MR) is 88.8 cm³/mol. The van der Waals surface area contributed by atoms with Crippen LogP contribution in [0.4, 0.5) is 5.82 Å². The molecule has 7 nitrogen and oxygen atoms in total. The molecule has 0 spiro atoms. The fraction of sp³-hybridized carbons (Fsp3) is 0.625. The Hall–Kier alpha value is -1.70. The third kappa shape index (κ3) is 6.13. The molecule has 0 saturated carbocycles. The van der Waals surface area contributed by atoms with Crippen LogP contribution in [0.5, 0.6) is 0 Å². The van der Waals surface area contributed by atoms with Gasteiger partial charge in [0.1, 0.15) is 5.82 Å². The molecule has 1 fully saturated rings. The van der Waals surface area contributed by atoms with Crippen molar-refractivity contribution in [2.24, 2.45) is 0 Å². The lowest BCUT2D eigenvalue weighted by Gasteiger charge is -2.29. The Kier molecular flexibility index (Phi) is 7.25. The number of nitrogens with zero attached hydrogens (tertiary/aromatic N) is 2. The standard InChI is InChI=1S/C16H26N4O3/c1-13(12-20-6-9-23-10-7-20)19-15-4-3-14(11-18-15)16(21)17-5-8-22-2/h3-4,11,13H,5-10,12H2,1-2H3,(H,17,21)(H,18,19). The van der Waals surface area contributed by atoms with E-state index in [9.17, 15) is 4.79 Å². The number of carbonyl (C=O) groups excluding carboxylic acids is 1. The first-order valence-electron chi connectivity index (χ1n) is 7.99. The van der Waals surface area contributed by atoms with Crippen molar-refractivity contribution in [2.75, 3.05) is 58.4 Å². The summed E-state index contributed by atoms with van der Waals surface area (Å²) in [6, 6.07) is 3.89. The second kappa shape index (κ2) is 9.44. The second-order valence-electron chi connectivity index (χ2n) is 5.64. The van der Waals surface area contributed by atoms with Crippen LogP contribution in [0, 0.1) is 0 Å². The third-order valence-corrected chi connectivity index (χ3v) is 3.65. The highest BCUT2D eigenvalue weighted by Crippen LogP contribution is 2.08. The summed E-state index contributed by atoms with van der Waals surface area (Å²) in [4.78, 5) is 18.6. The Labute approximate surface area is 137 Å². The summed E-state index contributed by atoms with van der Waals surface area (Å²) in [5.41, 5.74) is 0.549. The lowest BCUT2D eigenvalue weighted by Crippen LogP contribution is -2.42. The van der Waals surface area contributed by atoms with E-state index in [1.807, 2.05) is 6.07 Å². The van der Waals surface area contributed by atoms with Gasteiger partial charge in [-0.3, -0.25) is 9.69 Å². The first-order valence-corrected chi connectivity index (χ1v) is 7.99. The Morgan fingerprint density at radius 3 is 2.87 bits per heavy atom. The number of carbonyl (C=O) groups is 1. The molecular weight excluding hydrogens is 296 g/mol. The average molecular weight is 322 g/mol. The van der Waals surface area contributed by atoms with E-state index in [0.717, 1.165) is 38.7 Å². The number of pyridine rings is 1. The van der Waals surface area contributed by atoms with E-state index in [1.165, 1.54) is 0 Å². The van der Waals surface area contributed by atoms with E-state index >= 15 is 0 Å². The van der Waals surface area contributed by atoms with Gasteiger partial charge in [-0.1, -0.05) is 0 Å². The van der Waals surface area contributed by atoms with Crippen LogP contribution >= 0.6 is 0 Å². The van der Waals surface area contributed by atoms with E-state index in [4.69, 9.17) is 9.47 Å². The van der Waals surface area contributed by atoms with Gasteiger partial charge in [-0.05, 0) is 19.1 Å². The van der Waals surface area contributed by atoms with Crippen molar-refractivity contribution >= 4 is 11.7 Å². The molecule has 0 bridgehead atoms. The van der Waals surface area contributed by atoms with Crippen molar-refractivity contribution in [1.82, 2.24) is 15.2 Å². The number of anilines is 1. The molecule has 1 amide bonds. The monoisotopic (exact) mass is 322 g/mol. The predicted octanol–water partition coefficient (Wildman–Crippen LogP) is 0.590. The van der Waals surface area contributed by atoms with E-state index in [0.29, 0.717) is 18.7 Å². The van der Waals surface area contributed by atoms with E-state index in [1.54, 1.807) is 19.4 Å². The fourth-order valence-electron chi connectivity index (χ4n) is 2.45. The van der Waals surface area contributed by atoms with Crippen LogP contribution in [0.25, 0.3) is 0 Å². The topological polar surface area (TPSA) is 75.7 Å². The molecule has 1 unspecified atom stereocenters. The number of hydrogen-bond acceptors (Lipinski definition) is 6. The maximum absolute atomic E-state index is 11.9. The molecule has 0 aromatic carbocycles. The minimum absolute atomic E-state index is 0.137. The lowest BCUT2D eigenvalue weighted by atomic mass is 10.2. The first kappa shape index (κ1) is 17.7. The average Bonchev–Trinajstić information content (AvgIpc) is 2.56. The molecule has 2 heterocycles. The summed E-state index contributed by atoms with van der Waals surface area (Å²) in [5.74, 6) is 0.640. The molecule has 1 aliphatic rings. The van der Waals surface area contributed by atoms with Crippen molar-refractivity contribution in [1.29, 1.82) is 0 Å². The van der Waals surface area contributed by atoms with Crippen molar-refractivity contribution in [3.05, 3.63) is 23.9 Å². The molecule has 0 radical (unpaired) electrons. The summed E-state index contributed by atoms with van der Waals surface area (Å²) in [6.07, 6.45) is 1.59. The highest BCUT2D eigenvalue weighted by Gasteiger charge is 2.14. The zero-order valence-electron chi connectivity index (χ0n) is 13.9. The number of aromatic nitrogens is 1. The summed E-state index contributed by atoms with van der Waals surface area (Å²) in [5, 5.41) is 6.13. The van der Waals surface area contributed by atoms with Gasteiger partial charge in [0.05, 0.1) is 25.4 Å². The van der Waals surface area contributed by atoms with E-state index < -0.39 is 0 Å². The smallest absolute Gasteiger partial charge is 0.252 e. The van der Waals surface area contributed by atoms with Gasteiger partial charge in [0.15, 0.2) is 0 Å². The van der Waals surface area contributed by atoms with Crippen LogP contribution in [0.1, 0.15) is 17.3 Å². The normalized spacial score (nSPS) is 16.8. The SMILES string of the molecule is COCCNC(=O)c1ccc(NC(C)CN2CCOCC2)nc1. The second-order valence-corrected chi connectivity index (χ2v) is 5.64. The molecule has 1 saturated heterocycles. The Morgan fingerprint density at radius 2 is 2.22 bits per heavy atom. The van der Waals surface area contributed by atoms with Crippen LogP contribution in [0.15, 0.2) is 18.3 Å². The quantitative estimate of drug-likeness (QED) is 0.682. The molecule has 1 aliphatic heterocycles. The third-order valence-electron chi connectivity index (χ3n) is 3.65. The molecule has 0 aliphatic carbocycles. The van der Waals surface area contributed by atoms with Crippen LogP contribution in [-0.4, -0.2) is 74.9 Å². The molecule has 2 rings (SSSR count). The van der Waals surface area contributed by atoms with Crippen LogP contribution in [-0.2, 0) is 9.47 Å². The molecule has 1 aromatic heterocycles. The number of nitrogens with one attached hydrogen (secondary N) is 2. The number of amides is 1. The maximum atomic E-state index is 11.9. The summed E-state index contributed by atoms with van der Waals surface area (Å²) in [7, 11) is 1.60. The van der Waals surface area contributed by atoms with E-state index in [2.05, 4.69) is 27.4 Å². The molecule has 23 heavy (non-hydrogen) atoms. The first-order chi connectivity index (χ1) is 11.2. The van der Waals surface area contributed by atoms with Crippen molar-refractivity contribution in [2.45, 2.75) is 13.0 Å². The van der Waals surface area contributed by atoms with Gasteiger partial charge < -0.3 is 20.1 Å². The van der Waals surface area contributed by atoms with Crippen LogP contribution < -0.4 is 10.6 Å². The number of methoxy groups -OCH3 is 1. The number of hydrogen-bond donors (Lipinski definition) is 2. The molecule has 128 valence electrons. The number of rotatable bonds is 8. The molecular formula is C16H26N4O3. The Morgan fingerprint density at radius 1 is 1.43 bits per heavy atom. The number of morpholine rings is 1. The molecule has 1 aromatic rings. The molecule has 7 heteroatoms. The fourth-order valence-corrected chi connectivity index (χ4v) is 2.45.